The molecule has 0 radical (unpaired) electrons. The Hall–Kier alpha value is -0.570. The van der Waals surface area contributed by atoms with Crippen LogP contribution >= 0.6 is 12.2 Å². The molecule has 1 aliphatic rings. The van der Waals surface area contributed by atoms with Crippen molar-refractivity contribution in [3.05, 3.63) is 16.7 Å². The highest BCUT2D eigenvalue weighted by molar-refractivity contribution is 7.71. The number of nitrogens with zero attached hydrogens (tertiary/aromatic N) is 1. The molecular weight excluding hydrogens is 204 g/mol. The molecule has 1 aliphatic carbocycles. The summed E-state index contributed by atoms with van der Waals surface area (Å²) in [6, 6.07) is 0.643. The average Bonchev–Trinajstić information content (AvgIpc) is 2.48. The van der Waals surface area contributed by atoms with Gasteiger partial charge in [-0.05, 0) is 32.0 Å². The molecule has 2 rings (SSSR count). The van der Waals surface area contributed by atoms with Crippen LogP contribution < -0.4 is 0 Å². The van der Waals surface area contributed by atoms with Gasteiger partial charge in [0.15, 0.2) is 4.77 Å². The van der Waals surface area contributed by atoms with Crippen molar-refractivity contribution in [3.8, 4) is 0 Å². The van der Waals surface area contributed by atoms with Crippen molar-refractivity contribution in [1.29, 1.82) is 0 Å². The number of imidazole rings is 1. The third-order valence-electron chi connectivity index (χ3n) is 3.44. The Bertz CT molecular complexity index is 356. The lowest BCUT2D eigenvalue weighted by Gasteiger charge is -2.22. The van der Waals surface area contributed by atoms with E-state index in [4.69, 9.17) is 12.2 Å². The maximum Gasteiger partial charge on any atom is 0.177 e. The van der Waals surface area contributed by atoms with Gasteiger partial charge in [-0.15, -0.1) is 0 Å². The Kier molecular flexibility index (Phi) is 3.62. The Morgan fingerprint density at radius 2 is 1.80 bits per heavy atom. The molecule has 0 spiro atoms. The SMILES string of the molecule is Cc1c[nH]c(=S)n1C1CCCCCCC1. The number of hydrogen-bond donors (Lipinski definition) is 1. The zero-order chi connectivity index (χ0) is 10.7. The van der Waals surface area contributed by atoms with Gasteiger partial charge in [0.25, 0.3) is 0 Å². The van der Waals surface area contributed by atoms with Gasteiger partial charge in [-0.2, -0.15) is 0 Å². The van der Waals surface area contributed by atoms with Gasteiger partial charge < -0.3 is 9.55 Å². The molecule has 0 atom stereocenters. The highest BCUT2D eigenvalue weighted by Gasteiger charge is 2.15. The minimum absolute atomic E-state index is 0.643. The lowest BCUT2D eigenvalue weighted by molar-refractivity contribution is 0.365. The number of H-pyrrole nitrogens is 1. The summed E-state index contributed by atoms with van der Waals surface area (Å²) in [4.78, 5) is 3.15. The Morgan fingerprint density at radius 3 is 2.33 bits per heavy atom. The summed E-state index contributed by atoms with van der Waals surface area (Å²) in [6.07, 6.45) is 11.6. The first-order valence-corrected chi connectivity index (χ1v) is 6.46. The van der Waals surface area contributed by atoms with Crippen LogP contribution in [-0.2, 0) is 0 Å². The molecular formula is C12H20N2S. The molecule has 1 aromatic rings. The monoisotopic (exact) mass is 224 g/mol. The first-order chi connectivity index (χ1) is 7.29. The summed E-state index contributed by atoms with van der Waals surface area (Å²) < 4.78 is 3.22. The molecule has 84 valence electrons. The van der Waals surface area contributed by atoms with Gasteiger partial charge in [-0.1, -0.05) is 32.1 Å². The quantitative estimate of drug-likeness (QED) is 0.711. The second-order valence-corrected chi connectivity index (χ2v) is 4.99. The van der Waals surface area contributed by atoms with E-state index in [1.54, 1.807) is 0 Å². The summed E-state index contributed by atoms with van der Waals surface area (Å²) in [5, 5.41) is 0. The van der Waals surface area contributed by atoms with E-state index in [-0.39, 0.29) is 0 Å². The Morgan fingerprint density at radius 1 is 1.20 bits per heavy atom. The van der Waals surface area contributed by atoms with Crippen LogP contribution in [0.1, 0.15) is 56.7 Å². The Balaban J connectivity index is 2.17. The van der Waals surface area contributed by atoms with Crippen molar-refractivity contribution in [1.82, 2.24) is 9.55 Å². The van der Waals surface area contributed by atoms with E-state index in [1.807, 2.05) is 6.20 Å². The third kappa shape index (κ3) is 2.51. The summed E-state index contributed by atoms with van der Waals surface area (Å²) in [5.74, 6) is 0. The number of hydrogen-bond acceptors (Lipinski definition) is 1. The van der Waals surface area contributed by atoms with Gasteiger partial charge in [-0.25, -0.2) is 0 Å². The number of nitrogens with one attached hydrogen (secondary N) is 1. The first kappa shape index (κ1) is 10.9. The predicted molar refractivity (Wildman–Crippen MR) is 65.7 cm³/mol. The van der Waals surface area contributed by atoms with Crippen molar-refractivity contribution in [2.24, 2.45) is 0 Å². The van der Waals surface area contributed by atoms with Gasteiger partial charge in [-0.3, -0.25) is 0 Å². The number of rotatable bonds is 1. The van der Waals surface area contributed by atoms with Crippen LogP contribution in [0.3, 0.4) is 0 Å². The zero-order valence-corrected chi connectivity index (χ0v) is 10.3. The van der Waals surface area contributed by atoms with Crippen molar-refractivity contribution < 1.29 is 0 Å². The molecule has 1 N–H and O–H groups in total. The standard InChI is InChI=1S/C12H20N2S/c1-10-9-13-12(15)14(10)11-7-5-3-2-4-6-8-11/h9,11H,2-8H2,1H3,(H,13,15). The van der Waals surface area contributed by atoms with Gasteiger partial charge in [0.2, 0.25) is 0 Å². The van der Waals surface area contributed by atoms with Crippen molar-refractivity contribution in [3.63, 3.8) is 0 Å². The summed E-state index contributed by atoms with van der Waals surface area (Å²) in [7, 11) is 0. The van der Waals surface area contributed by atoms with Crippen LogP contribution in [0.4, 0.5) is 0 Å². The fourth-order valence-electron chi connectivity index (χ4n) is 2.61. The molecule has 15 heavy (non-hydrogen) atoms. The third-order valence-corrected chi connectivity index (χ3v) is 3.76. The average molecular weight is 224 g/mol. The fraction of sp³-hybridized carbons (Fsp3) is 0.750. The van der Waals surface area contributed by atoms with E-state index in [9.17, 15) is 0 Å². The maximum absolute atomic E-state index is 5.34. The number of aryl methyl sites for hydroxylation is 1. The molecule has 1 fully saturated rings. The molecule has 0 saturated heterocycles. The van der Waals surface area contributed by atoms with Gasteiger partial charge >= 0.3 is 0 Å². The molecule has 0 aliphatic heterocycles. The van der Waals surface area contributed by atoms with Crippen molar-refractivity contribution in [2.45, 2.75) is 57.9 Å². The van der Waals surface area contributed by atoms with E-state index >= 15 is 0 Å². The van der Waals surface area contributed by atoms with Crippen molar-refractivity contribution >= 4 is 12.2 Å². The van der Waals surface area contributed by atoms with E-state index < -0.39 is 0 Å². The smallest absolute Gasteiger partial charge is 0.177 e. The second-order valence-electron chi connectivity index (χ2n) is 4.60. The topological polar surface area (TPSA) is 20.7 Å². The van der Waals surface area contributed by atoms with E-state index in [0.717, 1.165) is 4.77 Å². The van der Waals surface area contributed by atoms with Crippen LogP contribution in [-0.4, -0.2) is 9.55 Å². The normalized spacial score (nSPS) is 19.8. The molecule has 1 heterocycles. The first-order valence-electron chi connectivity index (χ1n) is 6.05. The molecule has 1 aromatic heterocycles. The molecule has 0 amide bonds. The van der Waals surface area contributed by atoms with Crippen molar-refractivity contribution in [2.75, 3.05) is 0 Å². The highest BCUT2D eigenvalue weighted by Crippen LogP contribution is 2.27. The lowest BCUT2D eigenvalue weighted by atomic mass is 9.96. The number of aromatic nitrogens is 2. The van der Waals surface area contributed by atoms with Crippen LogP contribution in [0.25, 0.3) is 0 Å². The lowest BCUT2D eigenvalue weighted by Crippen LogP contribution is -2.12. The Labute approximate surface area is 96.7 Å². The summed E-state index contributed by atoms with van der Waals surface area (Å²) in [6.45, 7) is 2.14. The van der Waals surface area contributed by atoms with E-state index in [0.29, 0.717) is 6.04 Å². The van der Waals surface area contributed by atoms with Crippen LogP contribution in [0.5, 0.6) is 0 Å². The molecule has 2 nitrogen and oxygen atoms in total. The highest BCUT2D eigenvalue weighted by atomic mass is 32.1. The fourth-order valence-corrected chi connectivity index (χ4v) is 2.96. The molecule has 3 heteroatoms. The maximum atomic E-state index is 5.34. The van der Waals surface area contributed by atoms with Gasteiger partial charge in [0, 0.05) is 17.9 Å². The van der Waals surface area contributed by atoms with Crippen LogP contribution in [0, 0.1) is 11.7 Å². The minimum Gasteiger partial charge on any atom is -0.337 e. The number of aromatic amines is 1. The predicted octanol–water partition coefficient (Wildman–Crippen LogP) is 4.14. The summed E-state index contributed by atoms with van der Waals surface area (Å²) in [5.41, 5.74) is 1.28. The van der Waals surface area contributed by atoms with Crippen LogP contribution in [0.2, 0.25) is 0 Å². The van der Waals surface area contributed by atoms with Crippen LogP contribution in [0.15, 0.2) is 6.20 Å². The minimum atomic E-state index is 0.643. The largest absolute Gasteiger partial charge is 0.337 e. The molecule has 1 saturated carbocycles. The van der Waals surface area contributed by atoms with E-state index in [1.165, 1.54) is 50.6 Å². The second kappa shape index (κ2) is 4.97. The van der Waals surface area contributed by atoms with E-state index in [2.05, 4.69) is 16.5 Å². The molecule has 0 bridgehead atoms. The van der Waals surface area contributed by atoms with Gasteiger partial charge in [0.1, 0.15) is 0 Å². The summed E-state index contributed by atoms with van der Waals surface area (Å²) >= 11 is 5.34. The molecule has 0 unspecified atom stereocenters. The van der Waals surface area contributed by atoms with Gasteiger partial charge in [0.05, 0.1) is 0 Å². The molecule has 0 aromatic carbocycles. The zero-order valence-electron chi connectivity index (χ0n) is 9.46.